The number of nitrogens with one attached hydrogen (secondary N) is 1. The van der Waals surface area contributed by atoms with Gasteiger partial charge < -0.3 is 5.32 Å². The maximum atomic E-state index is 12.2. The van der Waals surface area contributed by atoms with Gasteiger partial charge in [0.15, 0.2) is 0 Å². The van der Waals surface area contributed by atoms with Crippen LogP contribution >= 0.6 is 0 Å². The van der Waals surface area contributed by atoms with Gasteiger partial charge in [-0.25, -0.2) is 12.7 Å². The normalized spacial score (nSPS) is 19.0. The van der Waals surface area contributed by atoms with Crippen molar-refractivity contribution < 1.29 is 18.0 Å². The van der Waals surface area contributed by atoms with Crippen molar-refractivity contribution in [2.75, 3.05) is 10.1 Å². The van der Waals surface area contributed by atoms with Gasteiger partial charge in [0.1, 0.15) is 0 Å². The average molecular weight is 359 g/mol. The van der Waals surface area contributed by atoms with Crippen LogP contribution in [0.3, 0.4) is 0 Å². The second kappa shape index (κ2) is 6.64. The molecule has 1 aromatic heterocycles. The summed E-state index contributed by atoms with van der Waals surface area (Å²) in [4.78, 5) is 28.1. The highest BCUT2D eigenvalue weighted by molar-refractivity contribution is 7.94. The predicted octanol–water partition coefficient (Wildman–Crippen LogP) is 1.32. The Hall–Kier alpha value is -2.74. The molecule has 130 valence electrons. The Balaban J connectivity index is 1.72. The fourth-order valence-electron chi connectivity index (χ4n) is 2.62. The summed E-state index contributed by atoms with van der Waals surface area (Å²) in [5, 5.41) is 2.77. The number of aromatic nitrogens is 1. The third kappa shape index (κ3) is 3.53. The number of pyridine rings is 1. The second-order valence-corrected chi connectivity index (χ2v) is 7.73. The van der Waals surface area contributed by atoms with Crippen molar-refractivity contribution in [1.29, 1.82) is 0 Å². The molecule has 1 atom stereocenters. The minimum absolute atomic E-state index is 0.194. The van der Waals surface area contributed by atoms with E-state index in [-0.39, 0.29) is 17.3 Å². The largest absolute Gasteiger partial charge is 0.348 e. The fourth-order valence-corrected chi connectivity index (χ4v) is 4.44. The van der Waals surface area contributed by atoms with Crippen LogP contribution < -0.4 is 9.62 Å². The van der Waals surface area contributed by atoms with E-state index in [4.69, 9.17) is 0 Å². The zero-order chi connectivity index (χ0) is 18.0. The summed E-state index contributed by atoms with van der Waals surface area (Å²) in [6, 6.07) is 9.54. The number of hydrogen-bond acceptors (Lipinski definition) is 5. The molecule has 0 radical (unpaired) electrons. The van der Waals surface area contributed by atoms with Gasteiger partial charge in [-0.3, -0.25) is 14.6 Å². The standard InChI is InChI=1S/C17H17N3O4S/c1-12-11-25(23,24)20(17(12)22)15-4-2-14(3-5-15)16(21)19-10-13-6-8-18-9-7-13/h2-9,12H,10-11H2,1H3,(H,19,21)/t12-/m1/s1. The molecule has 2 aromatic rings. The Morgan fingerprint density at radius 1 is 1.20 bits per heavy atom. The smallest absolute Gasteiger partial charge is 0.251 e. The Morgan fingerprint density at radius 3 is 2.40 bits per heavy atom. The lowest BCUT2D eigenvalue weighted by atomic mass is 10.1. The minimum atomic E-state index is -3.64. The number of hydrogen-bond donors (Lipinski definition) is 1. The third-order valence-corrected chi connectivity index (χ3v) is 5.80. The number of carbonyl (C=O) groups excluding carboxylic acids is 2. The zero-order valence-corrected chi connectivity index (χ0v) is 14.4. The molecule has 25 heavy (non-hydrogen) atoms. The number of sulfonamides is 1. The zero-order valence-electron chi connectivity index (χ0n) is 13.5. The molecule has 1 fully saturated rings. The van der Waals surface area contributed by atoms with Gasteiger partial charge in [0.25, 0.3) is 5.91 Å². The fraction of sp³-hybridized carbons (Fsp3) is 0.235. The van der Waals surface area contributed by atoms with Crippen molar-refractivity contribution in [1.82, 2.24) is 10.3 Å². The number of benzene rings is 1. The molecular weight excluding hydrogens is 342 g/mol. The van der Waals surface area contributed by atoms with Crippen LogP contribution in [0, 0.1) is 5.92 Å². The van der Waals surface area contributed by atoms with E-state index < -0.39 is 21.8 Å². The number of carbonyl (C=O) groups is 2. The Kier molecular flexibility index (Phi) is 4.54. The van der Waals surface area contributed by atoms with E-state index in [1.54, 1.807) is 31.5 Å². The van der Waals surface area contributed by atoms with E-state index in [0.29, 0.717) is 12.1 Å². The Bertz CT molecular complexity index is 895. The van der Waals surface area contributed by atoms with Crippen LogP contribution in [0.5, 0.6) is 0 Å². The summed E-state index contributed by atoms with van der Waals surface area (Å²) in [6.07, 6.45) is 3.29. The highest BCUT2D eigenvalue weighted by atomic mass is 32.2. The van der Waals surface area contributed by atoms with Crippen molar-refractivity contribution in [3.05, 3.63) is 59.9 Å². The average Bonchev–Trinajstić information content (AvgIpc) is 2.81. The van der Waals surface area contributed by atoms with Crippen LogP contribution in [0.2, 0.25) is 0 Å². The molecule has 1 aliphatic heterocycles. The van der Waals surface area contributed by atoms with Gasteiger partial charge in [-0.1, -0.05) is 6.92 Å². The van der Waals surface area contributed by atoms with Crippen molar-refractivity contribution >= 4 is 27.5 Å². The first-order valence-electron chi connectivity index (χ1n) is 7.72. The molecule has 2 heterocycles. The van der Waals surface area contributed by atoms with Gasteiger partial charge in [-0.05, 0) is 42.0 Å². The molecule has 0 unspecified atom stereocenters. The number of rotatable bonds is 4. The van der Waals surface area contributed by atoms with Crippen LogP contribution in [0.15, 0.2) is 48.8 Å². The molecule has 8 heteroatoms. The first-order chi connectivity index (χ1) is 11.9. The van der Waals surface area contributed by atoms with Crippen molar-refractivity contribution in [3.63, 3.8) is 0 Å². The van der Waals surface area contributed by atoms with Crippen LogP contribution in [0.25, 0.3) is 0 Å². The summed E-state index contributed by atoms with van der Waals surface area (Å²) in [5.74, 6) is -1.49. The SMILES string of the molecule is C[C@@H]1CS(=O)(=O)N(c2ccc(C(=O)NCc3ccncc3)cc2)C1=O. The van der Waals surface area contributed by atoms with E-state index in [1.165, 1.54) is 24.3 Å². The van der Waals surface area contributed by atoms with Crippen LogP contribution in [-0.2, 0) is 21.4 Å². The molecule has 0 bridgehead atoms. The summed E-state index contributed by atoms with van der Waals surface area (Å²) < 4.78 is 25.0. The molecule has 7 nitrogen and oxygen atoms in total. The first-order valence-corrected chi connectivity index (χ1v) is 9.33. The van der Waals surface area contributed by atoms with Crippen LogP contribution in [0.4, 0.5) is 5.69 Å². The molecular formula is C17H17N3O4S. The molecule has 2 amide bonds. The summed E-state index contributed by atoms with van der Waals surface area (Å²) >= 11 is 0. The first kappa shape index (κ1) is 17.1. The van der Waals surface area contributed by atoms with E-state index in [2.05, 4.69) is 10.3 Å². The molecule has 0 saturated carbocycles. The molecule has 1 aliphatic rings. The van der Waals surface area contributed by atoms with E-state index in [0.717, 1.165) is 9.87 Å². The van der Waals surface area contributed by atoms with E-state index in [9.17, 15) is 18.0 Å². The third-order valence-electron chi connectivity index (χ3n) is 3.93. The summed E-state index contributed by atoms with van der Waals surface area (Å²) in [5.41, 5.74) is 1.55. The Labute approximate surface area is 145 Å². The Morgan fingerprint density at radius 2 is 1.84 bits per heavy atom. The monoisotopic (exact) mass is 359 g/mol. The van der Waals surface area contributed by atoms with Gasteiger partial charge >= 0.3 is 0 Å². The van der Waals surface area contributed by atoms with Gasteiger partial charge in [0.05, 0.1) is 17.4 Å². The van der Waals surface area contributed by atoms with Crippen LogP contribution in [0.1, 0.15) is 22.8 Å². The van der Waals surface area contributed by atoms with Gasteiger partial charge in [-0.15, -0.1) is 0 Å². The lowest BCUT2D eigenvalue weighted by Crippen LogP contribution is -2.30. The second-order valence-electron chi connectivity index (χ2n) is 5.87. The van der Waals surface area contributed by atoms with Crippen molar-refractivity contribution in [2.24, 2.45) is 5.92 Å². The maximum Gasteiger partial charge on any atom is 0.251 e. The highest BCUT2D eigenvalue weighted by Gasteiger charge is 2.41. The quantitative estimate of drug-likeness (QED) is 0.888. The van der Waals surface area contributed by atoms with Gasteiger partial charge in [0, 0.05) is 24.5 Å². The molecule has 1 N–H and O–H groups in total. The number of anilines is 1. The molecule has 1 aromatic carbocycles. The summed E-state index contributed by atoms with van der Waals surface area (Å²) in [6.45, 7) is 1.94. The topological polar surface area (TPSA) is 96.4 Å². The lowest BCUT2D eigenvalue weighted by Gasteiger charge is -2.15. The molecule has 3 rings (SSSR count). The maximum absolute atomic E-state index is 12.2. The highest BCUT2D eigenvalue weighted by Crippen LogP contribution is 2.28. The number of nitrogens with zero attached hydrogens (tertiary/aromatic N) is 2. The molecule has 0 aliphatic carbocycles. The van der Waals surface area contributed by atoms with Crippen molar-refractivity contribution in [3.8, 4) is 0 Å². The molecule has 0 spiro atoms. The lowest BCUT2D eigenvalue weighted by molar-refractivity contribution is -0.119. The van der Waals surface area contributed by atoms with E-state index in [1.807, 2.05) is 0 Å². The summed E-state index contributed by atoms with van der Waals surface area (Å²) in [7, 11) is -3.64. The van der Waals surface area contributed by atoms with E-state index >= 15 is 0 Å². The molecule has 1 saturated heterocycles. The van der Waals surface area contributed by atoms with Crippen LogP contribution in [-0.4, -0.2) is 31.0 Å². The van der Waals surface area contributed by atoms with Gasteiger partial charge in [-0.2, -0.15) is 0 Å². The van der Waals surface area contributed by atoms with Crippen molar-refractivity contribution in [2.45, 2.75) is 13.5 Å². The number of amides is 2. The predicted molar refractivity (Wildman–Crippen MR) is 92.3 cm³/mol. The minimum Gasteiger partial charge on any atom is -0.348 e. The van der Waals surface area contributed by atoms with Gasteiger partial charge in [0.2, 0.25) is 15.9 Å².